The SMILES string of the molecule is Cc1cccc2c1[nH]c1nc(N/N=C\c3cc4c(cc3[N+](=O)[O-])OCO4)nnc12. The van der Waals surface area contributed by atoms with E-state index in [1.807, 2.05) is 25.1 Å². The van der Waals surface area contributed by atoms with Gasteiger partial charge in [0.2, 0.25) is 6.79 Å². The lowest BCUT2D eigenvalue weighted by Gasteiger charge is -2.01. The Balaban J connectivity index is 1.45. The molecule has 11 heteroatoms. The molecule has 11 nitrogen and oxygen atoms in total. The predicted octanol–water partition coefficient (Wildman–Crippen LogP) is 2.90. The summed E-state index contributed by atoms with van der Waals surface area (Å²) in [5.74, 6) is 0.903. The fourth-order valence-corrected chi connectivity index (χ4v) is 3.16. The summed E-state index contributed by atoms with van der Waals surface area (Å²) in [7, 11) is 0. The second-order valence-corrected chi connectivity index (χ2v) is 6.35. The molecular weight excluding hydrogens is 378 g/mol. The van der Waals surface area contributed by atoms with Gasteiger partial charge in [0.15, 0.2) is 17.1 Å². The average Bonchev–Trinajstić information content (AvgIpc) is 3.31. The highest BCUT2D eigenvalue weighted by molar-refractivity contribution is 6.04. The number of fused-ring (bicyclic) bond motifs is 4. The number of ether oxygens (including phenoxy) is 2. The van der Waals surface area contributed by atoms with Gasteiger partial charge in [-0.1, -0.05) is 18.2 Å². The van der Waals surface area contributed by atoms with Crippen LogP contribution in [0.2, 0.25) is 0 Å². The van der Waals surface area contributed by atoms with Crippen LogP contribution in [0.4, 0.5) is 11.6 Å². The second kappa shape index (κ2) is 6.41. The van der Waals surface area contributed by atoms with E-state index in [0.29, 0.717) is 22.7 Å². The number of hydrogen-bond acceptors (Lipinski definition) is 9. The molecule has 0 spiro atoms. The van der Waals surface area contributed by atoms with Crippen molar-refractivity contribution in [2.45, 2.75) is 6.92 Å². The van der Waals surface area contributed by atoms with Crippen molar-refractivity contribution >= 4 is 39.9 Å². The lowest BCUT2D eigenvalue weighted by molar-refractivity contribution is -0.385. The molecule has 2 aromatic heterocycles. The van der Waals surface area contributed by atoms with Gasteiger partial charge in [-0.2, -0.15) is 10.1 Å². The second-order valence-electron chi connectivity index (χ2n) is 6.35. The quantitative estimate of drug-likeness (QED) is 0.307. The van der Waals surface area contributed by atoms with Crippen LogP contribution >= 0.6 is 0 Å². The number of H-pyrrole nitrogens is 1. The average molecular weight is 391 g/mol. The molecule has 4 aromatic rings. The molecule has 0 fully saturated rings. The molecule has 0 amide bonds. The number of para-hydroxylation sites is 1. The Kier molecular flexibility index (Phi) is 3.72. The number of nitro benzene ring substituents is 1. The van der Waals surface area contributed by atoms with E-state index in [9.17, 15) is 10.1 Å². The summed E-state index contributed by atoms with van der Waals surface area (Å²) >= 11 is 0. The number of nitro groups is 1. The van der Waals surface area contributed by atoms with Crippen molar-refractivity contribution in [3.63, 3.8) is 0 Å². The topological polar surface area (TPSA) is 140 Å². The predicted molar refractivity (Wildman–Crippen MR) is 104 cm³/mol. The van der Waals surface area contributed by atoms with Gasteiger partial charge in [0.1, 0.15) is 5.52 Å². The number of aryl methyl sites for hydroxylation is 1. The summed E-state index contributed by atoms with van der Waals surface area (Å²) in [6, 6.07) is 8.69. The molecule has 1 aliphatic heterocycles. The minimum Gasteiger partial charge on any atom is -0.454 e. The molecule has 0 saturated carbocycles. The largest absolute Gasteiger partial charge is 0.454 e. The maximum Gasteiger partial charge on any atom is 0.282 e. The molecule has 0 bridgehead atoms. The molecule has 144 valence electrons. The number of hydrazone groups is 1. The molecule has 0 aliphatic carbocycles. The molecule has 29 heavy (non-hydrogen) atoms. The first-order valence-electron chi connectivity index (χ1n) is 8.59. The Labute approximate surface area is 162 Å². The molecule has 0 unspecified atom stereocenters. The number of benzene rings is 2. The van der Waals surface area contributed by atoms with E-state index in [2.05, 4.69) is 30.7 Å². The van der Waals surface area contributed by atoms with E-state index in [1.54, 1.807) is 0 Å². The Bertz CT molecular complexity index is 1310. The summed E-state index contributed by atoms with van der Waals surface area (Å²) in [6.07, 6.45) is 1.29. The smallest absolute Gasteiger partial charge is 0.282 e. The van der Waals surface area contributed by atoms with Crippen molar-refractivity contribution < 1.29 is 14.4 Å². The van der Waals surface area contributed by atoms with Gasteiger partial charge in [0.05, 0.1) is 28.3 Å². The van der Waals surface area contributed by atoms with Crippen LogP contribution in [0.3, 0.4) is 0 Å². The summed E-state index contributed by atoms with van der Waals surface area (Å²) in [5, 5.41) is 24.5. The van der Waals surface area contributed by atoms with Gasteiger partial charge in [-0.25, -0.2) is 5.43 Å². The molecule has 0 radical (unpaired) electrons. The third kappa shape index (κ3) is 2.84. The van der Waals surface area contributed by atoms with Gasteiger partial charge in [-0.3, -0.25) is 10.1 Å². The summed E-state index contributed by atoms with van der Waals surface area (Å²) in [6.45, 7) is 2.02. The molecule has 0 atom stereocenters. The fourth-order valence-electron chi connectivity index (χ4n) is 3.16. The number of nitrogens with zero attached hydrogens (tertiary/aromatic N) is 5. The highest BCUT2D eigenvalue weighted by atomic mass is 16.7. The van der Waals surface area contributed by atoms with Gasteiger partial charge in [-0.15, -0.1) is 10.2 Å². The Hall–Kier alpha value is -4.28. The number of aromatic amines is 1. The van der Waals surface area contributed by atoms with Gasteiger partial charge in [0, 0.05) is 5.39 Å². The van der Waals surface area contributed by atoms with E-state index in [0.717, 1.165) is 16.5 Å². The first-order chi connectivity index (χ1) is 14.1. The molecule has 3 heterocycles. The first-order valence-corrected chi connectivity index (χ1v) is 8.59. The van der Waals surface area contributed by atoms with Crippen LogP contribution < -0.4 is 14.9 Å². The monoisotopic (exact) mass is 391 g/mol. The van der Waals surface area contributed by atoms with Crippen LogP contribution in [-0.2, 0) is 0 Å². The van der Waals surface area contributed by atoms with E-state index in [1.165, 1.54) is 18.3 Å². The van der Waals surface area contributed by atoms with E-state index in [-0.39, 0.29) is 24.0 Å². The third-order valence-electron chi connectivity index (χ3n) is 4.54. The Morgan fingerprint density at radius 1 is 1.28 bits per heavy atom. The number of nitrogens with one attached hydrogen (secondary N) is 2. The summed E-state index contributed by atoms with van der Waals surface area (Å²) in [5.41, 5.74) is 5.99. The highest BCUT2D eigenvalue weighted by Gasteiger charge is 2.22. The van der Waals surface area contributed by atoms with Crippen molar-refractivity contribution in [2.24, 2.45) is 5.10 Å². The molecule has 5 rings (SSSR count). The molecular formula is C18H13N7O4. The lowest BCUT2D eigenvalue weighted by atomic mass is 10.1. The van der Waals surface area contributed by atoms with Gasteiger partial charge in [0.25, 0.3) is 11.6 Å². The Morgan fingerprint density at radius 2 is 2.10 bits per heavy atom. The maximum absolute atomic E-state index is 11.3. The minimum absolute atomic E-state index is 0.0227. The minimum atomic E-state index is -0.514. The number of anilines is 1. The molecule has 1 aliphatic rings. The van der Waals surface area contributed by atoms with E-state index in [4.69, 9.17) is 9.47 Å². The standard InChI is InChI=1S/C18H13N7O4/c1-9-3-2-4-11-15(9)20-17-16(11)22-24-18(21-17)23-19-7-10-5-13-14(29-8-28-13)6-12(10)25(26)27/h2-7H,8H2,1H3,(H2,20,21,23,24)/b19-7-. The number of aromatic nitrogens is 4. The van der Waals surface area contributed by atoms with Crippen LogP contribution in [0, 0.1) is 17.0 Å². The van der Waals surface area contributed by atoms with Gasteiger partial charge >= 0.3 is 0 Å². The van der Waals surface area contributed by atoms with E-state index >= 15 is 0 Å². The zero-order chi connectivity index (χ0) is 20.0. The summed E-state index contributed by atoms with van der Waals surface area (Å²) in [4.78, 5) is 18.4. The van der Waals surface area contributed by atoms with Crippen LogP contribution in [0.15, 0.2) is 35.4 Å². The maximum atomic E-state index is 11.3. The van der Waals surface area contributed by atoms with Crippen LogP contribution in [-0.4, -0.2) is 38.1 Å². The third-order valence-corrected chi connectivity index (χ3v) is 4.54. The van der Waals surface area contributed by atoms with E-state index < -0.39 is 4.92 Å². The van der Waals surface area contributed by atoms with Crippen molar-refractivity contribution in [1.29, 1.82) is 0 Å². The van der Waals surface area contributed by atoms with Crippen molar-refractivity contribution in [3.8, 4) is 11.5 Å². The number of rotatable bonds is 4. The van der Waals surface area contributed by atoms with Crippen LogP contribution in [0.1, 0.15) is 11.1 Å². The summed E-state index contributed by atoms with van der Waals surface area (Å²) < 4.78 is 10.4. The normalized spacial score (nSPS) is 12.9. The highest BCUT2D eigenvalue weighted by Crippen LogP contribution is 2.37. The molecule has 2 aromatic carbocycles. The number of hydrogen-bond donors (Lipinski definition) is 2. The van der Waals surface area contributed by atoms with Gasteiger partial charge in [-0.05, 0) is 18.6 Å². The van der Waals surface area contributed by atoms with Crippen molar-refractivity contribution in [3.05, 3.63) is 51.6 Å². The van der Waals surface area contributed by atoms with Gasteiger partial charge < -0.3 is 14.5 Å². The Morgan fingerprint density at radius 3 is 2.93 bits per heavy atom. The van der Waals surface area contributed by atoms with Crippen LogP contribution in [0.5, 0.6) is 11.5 Å². The first kappa shape index (κ1) is 16.9. The molecule has 0 saturated heterocycles. The van der Waals surface area contributed by atoms with Crippen molar-refractivity contribution in [2.75, 3.05) is 12.2 Å². The molecule has 2 N–H and O–H groups in total. The lowest BCUT2D eigenvalue weighted by Crippen LogP contribution is -2.00. The van der Waals surface area contributed by atoms with Crippen molar-refractivity contribution in [1.82, 2.24) is 20.2 Å². The zero-order valence-corrected chi connectivity index (χ0v) is 15.0. The zero-order valence-electron chi connectivity index (χ0n) is 15.0. The fraction of sp³-hybridized carbons (Fsp3) is 0.111. The van der Waals surface area contributed by atoms with Crippen LogP contribution in [0.25, 0.3) is 22.1 Å².